The van der Waals surface area contributed by atoms with E-state index in [1.165, 1.54) is 0 Å². The first kappa shape index (κ1) is 12.5. The molecular formula is C7H12BF3KN. The summed E-state index contributed by atoms with van der Waals surface area (Å²) in [6.45, 7) is -3.92. The van der Waals surface area contributed by atoms with Crippen molar-refractivity contribution in [3.05, 3.63) is 0 Å². The summed E-state index contributed by atoms with van der Waals surface area (Å²) in [5, 5.41) is 0. The van der Waals surface area contributed by atoms with Gasteiger partial charge in [0.25, 0.3) is 0 Å². The molecule has 1 saturated heterocycles. The van der Waals surface area contributed by atoms with E-state index in [-0.39, 0.29) is 57.4 Å². The molecule has 0 aromatic rings. The van der Waals surface area contributed by atoms with Crippen LogP contribution < -0.4 is 51.4 Å². The van der Waals surface area contributed by atoms with Gasteiger partial charge in [-0.3, -0.25) is 0 Å². The van der Waals surface area contributed by atoms with E-state index in [1.54, 1.807) is 4.90 Å². The normalized spacial score (nSPS) is 33.5. The van der Waals surface area contributed by atoms with Crippen LogP contribution in [0, 0.1) is 5.92 Å². The molecule has 2 atom stereocenters. The van der Waals surface area contributed by atoms with Gasteiger partial charge in [-0.05, 0) is 38.2 Å². The molecule has 0 radical (unpaired) electrons. The largest absolute Gasteiger partial charge is 1.00 e. The Morgan fingerprint density at radius 3 is 2.31 bits per heavy atom. The monoisotopic (exact) mass is 217 g/mol. The summed E-state index contributed by atoms with van der Waals surface area (Å²) in [6.07, 6.45) is 2.50. The predicted molar refractivity (Wildman–Crippen MR) is 41.8 cm³/mol. The average molecular weight is 217 g/mol. The maximum atomic E-state index is 12.1. The van der Waals surface area contributed by atoms with Crippen LogP contribution in [0.3, 0.4) is 0 Å². The molecule has 0 aromatic heterocycles. The maximum absolute atomic E-state index is 12.1. The first-order chi connectivity index (χ1) is 5.54. The Balaban J connectivity index is 0.000000845. The van der Waals surface area contributed by atoms with Crippen molar-refractivity contribution in [3.8, 4) is 0 Å². The molecule has 6 heteroatoms. The Labute approximate surface area is 119 Å². The molecule has 1 heterocycles. The molecule has 0 amide bonds. The Morgan fingerprint density at radius 2 is 1.92 bits per heavy atom. The van der Waals surface area contributed by atoms with Crippen molar-refractivity contribution >= 4 is 6.98 Å². The van der Waals surface area contributed by atoms with Crippen LogP contribution in [0.25, 0.3) is 0 Å². The third kappa shape index (κ3) is 3.21. The van der Waals surface area contributed by atoms with E-state index in [9.17, 15) is 12.9 Å². The Bertz CT molecular complexity index is 187. The van der Waals surface area contributed by atoms with Crippen LogP contribution >= 0.6 is 0 Å². The molecule has 0 spiro atoms. The smallest absolute Gasteiger partial charge is 0.448 e. The van der Waals surface area contributed by atoms with Gasteiger partial charge in [-0.15, -0.1) is 0 Å². The van der Waals surface area contributed by atoms with Gasteiger partial charge in [-0.2, -0.15) is 0 Å². The standard InChI is InChI=1S/C7H12BF3N.K/c9-8(10,11)5-12-4-6-1-2-7(12)3-6;/h6-7H,1-5H2;/q-1;+1. The van der Waals surface area contributed by atoms with E-state index in [4.69, 9.17) is 0 Å². The summed E-state index contributed by atoms with van der Waals surface area (Å²) < 4.78 is 36.2. The zero-order valence-corrected chi connectivity index (χ0v) is 11.0. The van der Waals surface area contributed by atoms with Crippen molar-refractivity contribution in [2.75, 3.05) is 13.0 Å². The Kier molecular flexibility index (Phi) is 4.36. The van der Waals surface area contributed by atoms with Gasteiger partial charge in [0, 0.05) is 6.04 Å². The first-order valence-electron chi connectivity index (χ1n) is 4.49. The predicted octanol–water partition coefficient (Wildman–Crippen LogP) is -1.14. The van der Waals surface area contributed by atoms with Crippen molar-refractivity contribution in [1.29, 1.82) is 0 Å². The van der Waals surface area contributed by atoms with Crippen LogP contribution in [-0.2, 0) is 0 Å². The van der Waals surface area contributed by atoms with Crippen molar-refractivity contribution in [1.82, 2.24) is 4.90 Å². The van der Waals surface area contributed by atoms with Crippen LogP contribution in [-0.4, -0.2) is 30.9 Å². The number of rotatable bonds is 2. The summed E-state index contributed by atoms with van der Waals surface area (Å²) in [7, 11) is 0. The number of fused-ring (bicyclic) bond motifs is 2. The number of nitrogens with zero attached hydrogens (tertiary/aromatic N) is 1. The van der Waals surface area contributed by atoms with Gasteiger partial charge in [0.2, 0.25) is 0 Å². The number of hydrogen-bond acceptors (Lipinski definition) is 1. The molecule has 2 aliphatic rings. The van der Waals surface area contributed by atoms with Crippen molar-refractivity contribution in [2.24, 2.45) is 5.92 Å². The molecule has 2 unspecified atom stereocenters. The molecule has 70 valence electrons. The first-order valence-corrected chi connectivity index (χ1v) is 4.49. The van der Waals surface area contributed by atoms with Crippen LogP contribution in [0.15, 0.2) is 0 Å². The summed E-state index contributed by atoms with van der Waals surface area (Å²) in [6, 6.07) is 0.249. The maximum Gasteiger partial charge on any atom is 1.00 e. The topological polar surface area (TPSA) is 3.24 Å². The van der Waals surface area contributed by atoms with E-state index in [0.29, 0.717) is 12.5 Å². The zero-order chi connectivity index (χ0) is 8.77. The van der Waals surface area contributed by atoms with Gasteiger partial charge in [-0.25, -0.2) is 0 Å². The van der Waals surface area contributed by atoms with Crippen molar-refractivity contribution in [3.63, 3.8) is 0 Å². The second-order valence-corrected chi connectivity index (χ2v) is 4.00. The summed E-state index contributed by atoms with van der Waals surface area (Å²) >= 11 is 0. The third-order valence-electron chi connectivity index (χ3n) is 2.96. The van der Waals surface area contributed by atoms with E-state index in [0.717, 1.165) is 19.3 Å². The fraction of sp³-hybridized carbons (Fsp3) is 1.00. The van der Waals surface area contributed by atoms with Crippen LogP contribution in [0.5, 0.6) is 0 Å². The molecule has 13 heavy (non-hydrogen) atoms. The van der Waals surface area contributed by atoms with Crippen LogP contribution in [0.1, 0.15) is 19.3 Å². The average Bonchev–Trinajstić information content (AvgIpc) is 2.42. The molecule has 2 fully saturated rings. The minimum absolute atomic E-state index is 0. The van der Waals surface area contributed by atoms with Gasteiger partial charge in [0.05, 0.1) is 0 Å². The number of halogens is 3. The SMILES string of the molecule is F[B-](F)(F)CN1CC2CCC1C2.[K+]. The van der Waals surface area contributed by atoms with E-state index in [2.05, 4.69) is 0 Å². The summed E-state index contributed by atoms with van der Waals surface area (Å²) in [4.78, 5) is 1.62. The van der Waals surface area contributed by atoms with E-state index < -0.39 is 13.4 Å². The molecular weight excluding hydrogens is 205 g/mol. The van der Waals surface area contributed by atoms with Gasteiger partial charge >= 0.3 is 58.4 Å². The fourth-order valence-corrected chi connectivity index (χ4v) is 2.52. The zero-order valence-electron chi connectivity index (χ0n) is 7.85. The van der Waals surface area contributed by atoms with Crippen molar-refractivity contribution in [2.45, 2.75) is 25.3 Å². The molecule has 0 N–H and O–H groups in total. The van der Waals surface area contributed by atoms with Gasteiger partial charge < -0.3 is 17.8 Å². The molecule has 1 aliphatic carbocycles. The Hall–Kier alpha value is 1.45. The van der Waals surface area contributed by atoms with E-state index in [1.807, 2.05) is 0 Å². The van der Waals surface area contributed by atoms with E-state index >= 15 is 0 Å². The fourth-order valence-electron chi connectivity index (χ4n) is 2.52. The Morgan fingerprint density at radius 1 is 1.23 bits per heavy atom. The van der Waals surface area contributed by atoms with Crippen LogP contribution in [0.4, 0.5) is 12.9 Å². The molecule has 2 rings (SSSR count). The second-order valence-electron chi connectivity index (χ2n) is 4.00. The second kappa shape index (κ2) is 4.53. The molecule has 0 aromatic carbocycles. The molecule has 1 nitrogen and oxygen atoms in total. The minimum atomic E-state index is -4.61. The number of likely N-dealkylation sites (tertiary alicyclic amines) is 1. The van der Waals surface area contributed by atoms with Gasteiger partial charge in [0.15, 0.2) is 0 Å². The molecule has 1 saturated carbocycles. The quantitative estimate of drug-likeness (QED) is 0.528. The van der Waals surface area contributed by atoms with Gasteiger partial charge in [0.1, 0.15) is 0 Å². The third-order valence-corrected chi connectivity index (χ3v) is 2.96. The molecule has 1 aliphatic heterocycles. The van der Waals surface area contributed by atoms with Crippen molar-refractivity contribution < 1.29 is 64.3 Å². The minimum Gasteiger partial charge on any atom is -0.448 e. The summed E-state index contributed by atoms with van der Waals surface area (Å²) in [5.41, 5.74) is 0. The van der Waals surface area contributed by atoms with Crippen LogP contribution in [0.2, 0.25) is 0 Å². The molecule has 2 bridgehead atoms. The summed E-state index contributed by atoms with van der Waals surface area (Å²) in [5.74, 6) is 0.563. The number of hydrogen-bond donors (Lipinski definition) is 0. The number of piperidine rings is 1. The van der Waals surface area contributed by atoms with Gasteiger partial charge in [-0.1, -0.05) is 0 Å².